The molecule has 1 rings (SSSR count). The zero-order chi connectivity index (χ0) is 16.2. The smallest absolute Gasteiger partial charge is 0.182 e. The first-order valence-corrected chi connectivity index (χ1v) is 7.17. The van der Waals surface area contributed by atoms with Gasteiger partial charge in [0.1, 0.15) is 11.6 Å². The van der Waals surface area contributed by atoms with Crippen LogP contribution in [-0.2, 0) is 0 Å². The van der Waals surface area contributed by atoms with Crippen molar-refractivity contribution in [2.75, 3.05) is 27.2 Å². The maximum Gasteiger partial charge on any atom is 0.182 e. The molecule has 1 aromatic rings. The topological polar surface area (TPSA) is 23.6 Å². The zero-order valence-electron chi connectivity index (χ0n) is 13.4. The van der Waals surface area contributed by atoms with Gasteiger partial charge in [-0.05, 0) is 46.6 Å². The monoisotopic (exact) mass is 298 g/mol. The normalized spacial score (nSPS) is 14.5. The first-order valence-electron chi connectivity index (χ1n) is 7.17. The van der Waals surface area contributed by atoms with Crippen molar-refractivity contribution in [2.45, 2.75) is 32.9 Å². The van der Waals surface area contributed by atoms with Crippen molar-refractivity contribution in [3.05, 3.63) is 35.4 Å². The van der Waals surface area contributed by atoms with Crippen molar-refractivity contribution in [3.63, 3.8) is 0 Å². The molecule has 0 saturated carbocycles. The number of rotatable bonds is 7. The molecule has 0 heterocycles. The van der Waals surface area contributed by atoms with Gasteiger partial charge < -0.3 is 4.90 Å². The molecule has 0 spiro atoms. The first-order chi connectivity index (χ1) is 9.77. The molecular weight excluding hydrogens is 274 g/mol. The highest BCUT2D eigenvalue weighted by atomic mass is 19.1. The van der Waals surface area contributed by atoms with Crippen LogP contribution >= 0.6 is 0 Å². The number of carbonyl (C=O) groups excluding carboxylic acids is 1. The molecule has 0 aliphatic carbocycles. The minimum Gasteiger partial charge on any atom is -0.308 e. The van der Waals surface area contributed by atoms with Gasteiger partial charge in [-0.25, -0.2) is 8.78 Å². The molecule has 0 bridgehead atoms. The predicted octanol–water partition coefficient (Wildman–Crippen LogP) is 2.81. The predicted molar refractivity (Wildman–Crippen MR) is 80.5 cm³/mol. The standard InChI is InChI=1S/C16H24F2N2O/c1-6-20(11(2)10-19(4)5)12(3)16(21)14-8-7-13(17)9-15(14)18/h7-9,11-12H,6,10H2,1-5H3. The molecule has 0 N–H and O–H groups in total. The maximum absolute atomic E-state index is 13.8. The molecule has 0 fully saturated rings. The molecule has 3 nitrogen and oxygen atoms in total. The van der Waals surface area contributed by atoms with Crippen LogP contribution < -0.4 is 0 Å². The fourth-order valence-electron chi connectivity index (χ4n) is 2.67. The van der Waals surface area contributed by atoms with E-state index in [4.69, 9.17) is 0 Å². The van der Waals surface area contributed by atoms with E-state index < -0.39 is 17.7 Å². The van der Waals surface area contributed by atoms with Gasteiger partial charge in [0, 0.05) is 18.7 Å². The molecular formula is C16H24F2N2O. The Bertz CT molecular complexity index is 491. The van der Waals surface area contributed by atoms with E-state index in [1.54, 1.807) is 6.92 Å². The van der Waals surface area contributed by atoms with Crippen molar-refractivity contribution in [1.29, 1.82) is 0 Å². The van der Waals surface area contributed by atoms with Gasteiger partial charge in [-0.2, -0.15) is 0 Å². The molecule has 0 aliphatic heterocycles. The average Bonchev–Trinajstić information content (AvgIpc) is 2.37. The number of benzene rings is 1. The van der Waals surface area contributed by atoms with Gasteiger partial charge in [0.05, 0.1) is 11.6 Å². The summed E-state index contributed by atoms with van der Waals surface area (Å²) < 4.78 is 26.7. The molecule has 0 amide bonds. The number of ketones is 1. The van der Waals surface area contributed by atoms with Gasteiger partial charge in [-0.1, -0.05) is 6.92 Å². The van der Waals surface area contributed by atoms with Crippen LogP contribution in [0.3, 0.4) is 0 Å². The lowest BCUT2D eigenvalue weighted by molar-refractivity contribution is 0.0752. The van der Waals surface area contributed by atoms with Crippen molar-refractivity contribution < 1.29 is 13.6 Å². The highest BCUT2D eigenvalue weighted by molar-refractivity contribution is 6.00. The number of carbonyl (C=O) groups is 1. The molecule has 0 saturated heterocycles. The summed E-state index contributed by atoms with van der Waals surface area (Å²) in [6.45, 7) is 7.26. The van der Waals surface area contributed by atoms with Crippen LogP contribution in [-0.4, -0.2) is 54.9 Å². The Morgan fingerprint density at radius 1 is 1.24 bits per heavy atom. The van der Waals surface area contributed by atoms with E-state index in [2.05, 4.69) is 0 Å². The second-order valence-electron chi connectivity index (χ2n) is 5.61. The molecule has 0 radical (unpaired) electrons. The van der Waals surface area contributed by atoms with Gasteiger partial charge in [-0.3, -0.25) is 9.69 Å². The van der Waals surface area contributed by atoms with Crippen LogP contribution in [0.25, 0.3) is 0 Å². The molecule has 1 aromatic carbocycles. The van der Waals surface area contributed by atoms with E-state index in [0.717, 1.165) is 18.7 Å². The van der Waals surface area contributed by atoms with E-state index in [1.807, 2.05) is 37.7 Å². The molecule has 118 valence electrons. The summed E-state index contributed by atoms with van der Waals surface area (Å²) in [5.41, 5.74) is -0.0561. The van der Waals surface area contributed by atoms with Crippen molar-refractivity contribution in [1.82, 2.24) is 9.80 Å². The lowest BCUT2D eigenvalue weighted by Gasteiger charge is -2.34. The Morgan fingerprint density at radius 2 is 1.86 bits per heavy atom. The van der Waals surface area contributed by atoms with Gasteiger partial charge in [0.2, 0.25) is 0 Å². The third-order valence-electron chi connectivity index (χ3n) is 3.63. The SMILES string of the molecule is CCN(C(C)CN(C)C)C(C)C(=O)c1ccc(F)cc1F. The minimum atomic E-state index is -0.803. The van der Waals surface area contributed by atoms with Gasteiger partial charge in [-0.15, -0.1) is 0 Å². The fourth-order valence-corrected chi connectivity index (χ4v) is 2.67. The van der Waals surface area contributed by atoms with Crippen molar-refractivity contribution in [3.8, 4) is 0 Å². The van der Waals surface area contributed by atoms with Crippen LogP contribution in [0.2, 0.25) is 0 Å². The molecule has 0 aromatic heterocycles. The average molecular weight is 298 g/mol. The zero-order valence-corrected chi connectivity index (χ0v) is 13.4. The van der Waals surface area contributed by atoms with E-state index in [9.17, 15) is 13.6 Å². The van der Waals surface area contributed by atoms with Crippen LogP contribution in [0, 0.1) is 11.6 Å². The summed E-state index contributed by atoms with van der Waals surface area (Å²) in [5.74, 6) is -1.80. The summed E-state index contributed by atoms with van der Waals surface area (Å²) in [6.07, 6.45) is 0. The van der Waals surface area contributed by atoms with E-state index in [0.29, 0.717) is 6.54 Å². The van der Waals surface area contributed by atoms with Crippen LogP contribution in [0.4, 0.5) is 8.78 Å². The number of likely N-dealkylation sites (N-methyl/N-ethyl adjacent to an activating group) is 2. The third-order valence-corrected chi connectivity index (χ3v) is 3.63. The number of halogens is 2. The van der Waals surface area contributed by atoms with Crippen LogP contribution in [0.15, 0.2) is 18.2 Å². The Labute approximate surface area is 125 Å². The third kappa shape index (κ3) is 4.58. The molecule has 2 atom stereocenters. The van der Waals surface area contributed by atoms with E-state index in [-0.39, 0.29) is 17.4 Å². The Morgan fingerprint density at radius 3 is 2.33 bits per heavy atom. The summed E-state index contributed by atoms with van der Waals surface area (Å²) in [5, 5.41) is 0. The van der Waals surface area contributed by atoms with Gasteiger partial charge in [0.15, 0.2) is 5.78 Å². The second kappa shape index (κ2) is 7.61. The largest absolute Gasteiger partial charge is 0.308 e. The summed E-state index contributed by atoms with van der Waals surface area (Å²) in [7, 11) is 3.94. The number of hydrogen-bond donors (Lipinski definition) is 0. The quantitative estimate of drug-likeness (QED) is 0.723. The van der Waals surface area contributed by atoms with Gasteiger partial charge in [0.25, 0.3) is 0 Å². The molecule has 5 heteroatoms. The first kappa shape index (κ1) is 17.7. The Hall–Kier alpha value is -1.33. The maximum atomic E-state index is 13.8. The lowest BCUT2D eigenvalue weighted by Crippen LogP contribution is -2.48. The fraction of sp³-hybridized carbons (Fsp3) is 0.562. The molecule has 0 aliphatic rings. The number of nitrogens with zero attached hydrogens (tertiary/aromatic N) is 2. The summed E-state index contributed by atoms with van der Waals surface area (Å²) >= 11 is 0. The Balaban J connectivity index is 2.93. The highest BCUT2D eigenvalue weighted by Crippen LogP contribution is 2.16. The number of hydrogen-bond acceptors (Lipinski definition) is 3. The van der Waals surface area contributed by atoms with Crippen molar-refractivity contribution in [2.24, 2.45) is 0 Å². The summed E-state index contributed by atoms with van der Waals surface area (Å²) in [6, 6.07) is 2.79. The minimum absolute atomic E-state index is 0.0561. The van der Waals surface area contributed by atoms with E-state index >= 15 is 0 Å². The molecule has 2 unspecified atom stereocenters. The second-order valence-corrected chi connectivity index (χ2v) is 5.61. The van der Waals surface area contributed by atoms with Crippen LogP contribution in [0.1, 0.15) is 31.1 Å². The van der Waals surface area contributed by atoms with Crippen LogP contribution in [0.5, 0.6) is 0 Å². The lowest BCUT2D eigenvalue weighted by atomic mass is 10.0. The van der Waals surface area contributed by atoms with Gasteiger partial charge >= 0.3 is 0 Å². The van der Waals surface area contributed by atoms with E-state index in [1.165, 1.54) is 6.07 Å². The van der Waals surface area contributed by atoms with Crippen molar-refractivity contribution >= 4 is 5.78 Å². The Kier molecular flexibility index (Phi) is 6.42. The highest BCUT2D eigenvalue weighted by Gasteiger charge is 2.27. The molecule has 21 heavy (non-hydrogen) atoms. The number of Topliss-reactive ketones (excluding diaryl/α,β-unsaturated/α-hetero) is 1. The summed E-state index contributed by atoms with van der Waals surface area (Å²) in [4.78, 5) is 16.5.